The summed E-state index contributed by atoms with van der Waals surface area (Å²) in [5.74, 6) is 0.246. The molecule has 3 amide bonds. The van der Waals surface area contributed by atoms with E-state index >= 15 is 0 Å². The van der Waals surface area contributed by atoms with Crippen molar-refractivity contribution < 1.29 is 9.59 Å². The van der Waals surface area contributed by atoms with E-state index < -0.39 is 0 Å². The predicted molar refractivity (Wildman–Crippen MR) is 93.9 cm³/mol. The molecule has 1 aromatic carbocycles. The van der Waals surface area contributed by atoms with Crippen molar-refractivity contribution in [3.05, 3.63) is 30.3 Å². The zero-order valence-electron chi connectivity index (χ0n) is 14.0. The fourth-order valence-electron chi connectivity index (χ4n) is 3.35. The van der Waals surface area contributed by atoms with Crippen molar-refractivity contribution in [2.24, 2.45) is 0 Å². The number of carbonyl (C=O) groups excluding carboxylic acids is 2. The Morgan fingerprint density at radius 1 is 1.21 bits per heavy atom. The number of carbonyl (C=O) groups is 2. The van der Waals surface area contributed by atoms with Gasteiger partial charge >= 0.3 is 6.03 Å². The lowest BCUT2D eigenvalue weighted by molar-refractivity contribution is -0.127. The Hall–Kier alpha value is -2.24. The van der Waals surface area contributed by atoms with Crippen LogP contribution in [0, 0.1) is 0 Å². The Labute approximate surface area is 143 Å². The van der Waals surface area contributed by atoms with Crippen molar-refractivity contribution in [3.8, 4) is 0 Å². The number of para-hydroxylation sites is 1. The van der Waals surface area contributed by atoms with E-state index in [1.165, 1.54) is 0 Å². The third kappa shape index (κ3) is 4.40. The average Bonchev–Trinajstić information content (AvgIpc) is 3.22. The Kier molecular flexibility index (Phi) is 5.56. The predicted octanol–water partition coefficient (Wildman–Crippen LogP) is 1.89. The zero-order valence-corrected chi connectivity index (χ0v) is 14.0. The van der Waals surface area contributed by atoms with E-state index in [0.29, 0.717) is 19.0 Å². The van der Waals surface area contributed by atoms with Gasteiger partial charge in [0.25, 0.3) is 0 Å². The van der Waals surface area contributed by atoms with Crippen molar-refractivity contribution >= 4 is 17.6 Å². The van der Waals surface area contributed by atoms with Crippen molar-refractivity contribution in [3.63, 3.8) is 0 Å². The summed E-state index contributed by atoms with van der Waals surface area (Å²) in [6.45, 7) is 3.74. The Morgan fingerprint density at radius 2 is 2.04 bits per heavy atom. The van der Waals surface area contributed by atoms with Crippen LogP contribution in [-0.2, 0) is 4.79 Å². The smallest absolute Gasteiger partial charge is 0.317 e. The maximum Gasteiger partial charge on any atom is 0.317 e. The first kappa shape index (κ1) is 16.6. The van der Waals surface area contributed by atoms with Gasteiger partial charge in [-0.1, -0.05) is 18.2 Å². The van der Waals surface area contributed by atoms with Gasteiger partial charge in [0.1, 0.15) is 0 Å². The van der Waals surface area contributed by atoms with Gasteiger partial charge in [0.2, 0.25) is 5.91 Å². The number of nitrogens with one attached hydrogen (secondary N) is 2. The van der Waals surface area contributed by atoms with E-state index in [2.05, 4.69) is 10.6 Å². The van der Waals surface area contributed by atoms with Gasteiger partial charge in [-0.2, -0.15) is 0 Å². The van der Waals surface area contributed by atoms with E-state index in [4.69, 9.17) is 0 Å². The number of urea groups is 1. The first-order valence-corrected chi connectivity index (χ1v) is 8.84. The molecule has 2 aliphatic heterocycles. The molecule has 130 valence electrons. The number of anilines is 1. The standard InChI is InChI=1S/C18H26N4O2/c23-17-8-4-11-21(17)12-5-10-19-18(24)22-13-9-16(14-22)20-15-6-2-1-3-7-15/h1-3,6-7,16,20H,4-5,8-14H2,(H,19,24). The fourth-order valence-corrected chi connectivity index (χ4v) is 3.35. The molecule has 1 atom stereocenters. The third-order valence-corrected chi connectivity index (χ3v) is 4.67. The number of amides is 3. The van der Waals surface area contributed by atoms with Crippen LogP contribution in [0.15, 0.2) is 30.3 Å². The molecule has 2 saturated heterocycles. The highest BCUT2D eigenvalue weighted by molar-refractivity contribution is 5.78. The van der Waals surface area contributed by atoms with Crippen LogP contribution in [0.5, 0.6) is 0 Å². The summed E-state index contributed by atoms with van der Waals surface area (Å²) in [7, 11) is 0. The Bertz CT molecular complexity index is 563. The quantitative estimate of drug-likeness (QED) is 0.783. The number of nitrogens with zero attached hydrogens (tertiary/aromatic N) is 2. The molecule has 2 heterocycles. The summed E-state index contributed by atoms with van der Waals surface area (Å²) in [5, 5.41) is 6.44. The summed E-state index contributed by atoms with van der Waals surface area (Å²) < 4.78 is 0. The molecule has 0 radical (unpaired) electrons. The van der Waals surface area contributed by atoms with E-state index in [-0.39, 0.29) is 11.9 Å². The second-order valence-corrected chi connectivity index (χ2v) is 6.51. The molecular formula is C18H26N4O2. The molecule has 2 aliphatic rings. The number of benzene rings is 1. The summed E-state index contributed by atoms with van der Waals surface area (Å²) in [4.78, 5) is 27.5. The number of rotatable bonds is 6. The molecule has 2 N–H and O–H groups in total. The molecule has 2 fully saturated rings. The molecule has 6 nitrogen and oxygen atoms in total. The maximum atomic E-state index is 12.2. The monoisotopic (exact) mass is 330 g/mol. The molecule has 6 heteroatoms. The largest absolute Gasteiger partial charge is 0.380 e. The highest BCUT2D eigenvalue weighted by atomic mass is 16.2. The van der Waals surface area contributed by atoms with Crippen LogP contribution in [0.3, 0.4) is 0 Å². The highest BCUT2D eigenvalue weighted by Gasteiger charge is 2.26. The van der Waals surface area contributed by atoms with Crippen LogP contribution in [-0.4, -0.2) is 60.5 Å². The van der Waals surface area contributed by atoms with E-state index in [9.17, 15) is 9.59 Å². The van der Waals surface area contributed by atoms with E-state index in [1.807, 2.05) is 40.1 Å². The normalized spacial score (nSPS) is 20.5. The average molecular weight is 330 g/mol. The Morgan fingerprint density at radius 3 is 2.79 bits per heavy atom. The van der Waals surface area contributed by atoms with Gasteiger partial charge in [-0.15, -0.1) is 0 Å². The number of hydrogen-bond acceptors (Lipinski definition) is 3. The molecule has 0 aromatic heterocycles. The third-order valence-electron chi connectivity index (χ3n) is 4.67. The lowest BCUT2D eigenvalue weighted by atomic mass is 10.2. The molecule has 24 heavy (non-hydrogen) atoms. The van der Waals surface area contributed by atoms with Crippen molar-refractivity contribution in [1.29, 1.82) is 0 Å². The van der Waals surface area contributed by atoms with E-state index in [1.54, 1.807) is 0 Å². The van der Waals surface area contributed by atoms with Crippen molar-refractivity contribution in [1.82, 2.24) is 15.1 Å². The molecule has 0 saturated carbocycles. The summed E-state index contributed by atoms with van der Waals surface area (Å²) in [6.07, 6.45) is 3.42. The van der Waals surface area contributed by atoms with Gasteiger partial charge in [0.15, 0.2) is 0 Å². The van der Waals surface area contributed by atoms with Crippen LogP contribution in [0.1, 0.15) is 25.7 Å². The van der Waals surface area contributed by atoms with Gasteiger partial charge in [0, 0.05) is 50.9 Å². The molecule has 0 bridgehead atoms. The minimum atomic E-state index is 0.000102. The minimum Gasteiger partial charge on any atom is -0.380 e. The second kappa shape index (κ2) is 8.04. The van der Waals surface area contributed by atoms with Gasteiger partial charge in [-0.3, -0.25) is 4.79 Å². The zero-order chi connectivity index (χ0) is 16.8. The highest BCUT2D eigenvalue weighted by Crippen LogP contribution is 2.15. The first-order chi connectivity index (χ1) is 11.7. The van der Waals surface area contributed by atoms with Crippen LogP contribution in [0.4, 0.5) is 10.5 Å². The second-order valence-electron chi connectivity index (χ2n) is 6.51. The fraction of sp³-hybridized carbons (Fsp3) is 0.556. The maximum absolute atomic E-state index is 12.2. The summed E-state index contributed by atoms with van der Waals surface area (Å²) >= 11 is 0. The van der Waals surface area contributed by atoms with Gasteiger partial charge in [-0.05, 0) is 31.4 Å². The summed E-state index contributed by atoms with van der Waals surface area (Å²) in [5.41, 5.74) is 1.10. The first-order valence-electron chi connectivity index (χ1n) is 8.84. The van der Waals surface area contributed by atoms with Crippen LogP contribution >= 0.6 is 0 Å². The van der Waals surface area contributed by atoms with Crippen LogP contribution in [0.2, 0.25) is 0 Å². The van der Waals surface area contributed by atoms with Crippen LogP contribution in [0.25, 0.3) is 0 Å². The van der Waals surface area contributed by atoms with Crippen molar-refractivity contribution in [2.75, 3.05) is 38.0 Å². The molecule has 0 aliphatic carbocycles. The van der Waals surface area contributed by atoms with Crippen molar-refractivity contribution in [2.45, 2.75) is 31.7 Å². The molecule has 3 rings (SSSR count). The van der Waals surface area contributed by atoms with Gasteiger partial charge in [0.05, 0.1) is 0 Å². The number of hydrogen-bond donors (Lipinski definition) is 2. The molecule has 0 spiro atoms. The van der Waals surface area contributed by atoms with Gasteiger partial charge < -0.3 is 20.4 Å². The molecular weight excluding hydrogens is 304 g/mol. The Balaban J connectivity index is 1.33. The number of likely N-dealkylation sites (tertiary alicyclic amines) is 2. The summed E-state index contributed by atoms with van der Waals surface area (Å²) in [6, 6.07) is 10.4. The van der Waals surface area contributed by atoms with Gasteiger partial charge in [-0.25, -0.2) is 4.79 Å². The van der Waals surface area contributed by atoms with Crippen LogP contribution < -0.4 is 10.6 Å². The molecule has 1 unspecified atom stereocenters. The molecule has 1 aromatic rings. The minimum absolute atomic E-state index is 0.000102. The SMILES string of the molecule is O=C1CCCN1CCCNC(=O)N1CCC(Nc2ccccc2)C1. The van der Waals surface area contributed by atoms with E-state index in [0.717, 1.165) is 51.1 Å². The lowest BCUT2D eigenvalue weighted by Crippen LogP contribution is -2.40. The topological polar surface area (TPSA) is 64.7 Å². The lowest BCUT2D eigenvalue weighted by Gasteiger charge is -2.19.